The third-order valence-electron chi connectivity index (χ3n) is 3.34. The van der Waals surface area contributed by atoms with E-state index in [9.17, 15) is 9.59 Å². The zero-order valence-corrected chi connectivity index (χ0v) is 11.2. The molecule has 2 heterocycles. The summed E-state index contributed by atoms with van der Waals surface area (Å²) < 4.78 is 0. The van der Waals surface area contributed by atoms with Crippen molar-refractivity contribution in [3.05, 3.63) is 59.4 Å². The van der Waals surface area contributed by atoms with Gasteiger partial charge in [-0.2, -0.15) is 0 Å². The number of carbonyl (C=O) groups excluding carboxylic acids is 2. The average molecular weight is 266 g/mol. The number of imide groups is 1. The van der Waals surface area contributed by atoms with Gasteiger partial charge in [0.05, 0.1) is 11.3 Å². The van der Waals surface area contributed by atoms with Crippen molar-refractivity contribution >= 4 is 17.5 Å². The summed E-state index contributed by atoms with van der Waals surface area (Å²) in [4.78, 5) is 30.1. The first kappa shape index (κ1) is 12.5. The predicted octanol–water partition coefficient (Wildman–Crippen LogP) is 2.83. The SMILES string of the molecule is CCCc1cnc2c(c1)C(=O)N(c1ccccc1)C2=O. The molecule has 20 heavy (non-hydrogen) atoms. The van der Waals surface area contributed by atoms with Crippen molar-refractivity contribution in [2.75, 3.05) is 4.90 Å². The number of para-hydroxylation sites is 1. The van der Waals surface area contributed by atoms with Crippen molar-refractivity contribution in [1.82, 2.24) is 4.98 Å². The highest BCUT2D eigenvalue weighted by molar-refractivity contribution is 6.33. The van der Waals surface area contributed by atoms with Crippen molar-refractivity contribution in [3.63, 3.8) is 0 Å². The minimum Gasteiger partial charge on any atom is -0.268 e. The van der Waals surface area contributed by atoms with Crippen LogP contribution in [0.4, 0.5) is 5.69 Å². The van der Waals surface area contributed by atoms with Crippen LogP contribution in [0, 0.1) is 0 Å². The van der Waals surface area contributed by atoms with Gasteiger partial charge in [-0.25, -0.2) is 9.88 Å². The Hall–Kier alpha value is -2.49. The van der Waals surface area contributed by atoms with Crippen LogP contribution in [0.5, 0.6) is 0 Å². The maximum Gasteiger partial charge on any atom is 0.284 e. The van der Waals surface area contributed by atoms with Gasteiger partial charge in [-0.05, 0) is 30.2 Å². The molecule has 0 saturated carbocycles. The summed E-state index contributed by atoms with van der Waals surface area (Å²) in [5.41, 5.74) is 2.23. The Morgan fingerprint density at radius 2 is 1.85 bits per heavy atom. The number of aromatic nitrogens is 1. The molecule has 0 N–H and O–H groups in total. The Kier molecular flexibility index (Phi) is 3.06. The van der Waals surface area contributed by atoms with Crippen LogP contribution in [0.25, 0.3) is 0 Å². The van der Waals surface area contributed by atoms with E-state index in [0.29, 0.717) is 11.3 Å². The van der Waals surface area contributed by atoms with Gasteiger partial charge in [0.2, 0.25) is 0 Å². The van der Waals surface area contributed by atoms with E-state index < -0.39 is 0 Å². The summed E-state index contributed by atoms with van der Waals surface area (Å²) in [6.07, 6.45) is 3.51. The molecule has 0 atom stereocenters. The largest absolute Gasteiger partial charge is 0.284 e. The predicted molar refractivity (Wildman–Crippen MR) is 75.8 cm³/mol. The number of hydrogen-bond donors (Lipinski definition) is 0. The van der Waals surface area contributed by atoms with Crippen LogP contribution in [-0.2, 0) is 6.42 Å². The molecule has 0 fully saturated rings. The number of anilines is 1. The first-order chi connectivity index (χ1) is 9.72. The maximum atomic E-state index is 12.4. The van der Waals surface area contributed by atoms with Crippen molar-refractivity contribution in [3.8, 4) is 0 Å². The summed E-state index contributed by atoms with van der Waals surface area (Å²) in [7, 11) is 0. The second-order valence-corrected chi connectivity index (χ2v) is 4.77. The lowest BCUT2D eigenvalue weighted by atomic mass is 10.1. The summed E-state index contributed by atoms with van der Waals surface area (Å²) in [6, 6.07) is 10.7. The number of carbonyl (C=O) groups is 2. The second-order valence-electron chi connectivity index (χ2n) is 4.77. The molecule has 0 unspecified atom stereocenters. The van der Waals surface area contributed by atoms with Gasteiger partial charge in [0.25, 0.3) is 11.8 Å². The highest BCUT2D eigenvalue weighted by Gasteiger charge is 2.37. The molecule has 2 aromatic rings. The van der Waals surface area contributed by atoms with E-state index in [1.165, 1.54) is 4.90 Å². The molecule has 3 rings (SSSR count). The van der Waals surface area contributed by atoms with Crippen LogP contribution < -0.4 is 4.90 Å². The molecule has 100 valence electrons. The molecule has 4 heteroatoms. The highest BCUT2D eigenvalue weighted by atomic mass is 16.2. The Morgan fingerprint density at radius 3 is 2.55 bits per heavy atom. The van der Waals surface area contributed by atoms with Crippen molar-refractivity contribution in [2.24, 2.45) is 0 Å². The van der Waals surface area contributed by atoms with Gasteiger partial charge in [-0.15, -0.1) is 0 Å². The van der Waals surface area contributed by atoms with Crippen molar-refractivity contribution in [2.45, 2.75) is 19.8 Å². The quantitative estimate of drug-likeness (QED) is 0.803. The highest BCUT2D eigenvalue weighted by Crippen LogP contribution is 2.27. The first-order valence-corrected chi connectivity index (χ1v) is 6.65. The molecule has 1 aliphatic rings. The van der Waals surface area contributed by atoms with Crippen molar-refractivity contribution in [1.29, 1.82) is 0 Å². The lowest BCUT2D eigenvalue weighted by molar-refractivity contribution is 0.0924. The average Bonchev–Trinajstić information content (AvgIpc) is 2.72. The summed E-state index contributed by atoms with van der Waals surface area (Å²) >= 11 is 0. The molecule has 1 aliphatic heterocycles. The van der Waals surface area contributed by atoms with Crippen LogP contribution >= 0.6 is 0 Å². The van der Waals surface area contributed by atoms with Gasteiger partial charge in [0.1, 0.15) is 5.69 Å². The molecular formula is C16H14N2O2. The number of fused-ring (bicyclic) bond motifs is 1. The zero-order valence-electron chi connectivity index (χ0n) is 11.2. The van der Waals surface area contributed by atoms with E-state index in [4.69, 9.17) is 0 Å². The molecule has 2 amide bonds. The topological polar surface area (TPSA) is 50.3 Å². The van der Waals surface area contributed by atoms with Crippen LogP contribution in [-0.4, -0.2) is 16.8 Å². The number of aryl methyl sites for hydroxylation is 1. The monoisotopic (exact) mass is 266 g/mol. The molecule has 0 saturated heterocycles. The van der Waals surface area contributed by atoms with Crippen LogP contribution in [0.2, 0.25) is 0 Å². The van der Waals surface area contributed by atoms with Crippen LogP contribution in [0.3, 0.4) is 0 Å². The molecule has 0 spiro atoms. The lowest BCUT2D eigenvalue weighted by Gasteiger charge is -2.12. The minimum absolute atomic E-state index is 0.249. The third-order valence-corrected chi connectivity index (χ3v) is 3.34. The fourth-order valence-electron chi connectivity index (χ4n) is 2.40. The Balaban J connectivity index is 2.04. The number of hydrogen-bond acceptors (Lipinski definition) is 3. The van der Waals surface area contributed by atoms with Gasteiger partial charge in [-0.1, -0.05) is 31.5 Å². The maximum absolute atomic E-state index is 12.4. The first-order valence-electron chi connectivity index (χ1n) is 6.65. The van der Waals surface area contributed by atoms with E-state index in [2.05, 4.69) is 11.9 Å². The number of rotatable bonds is 3. The van der Waals surface area contributed by atoms with Gasteiger partial charge in [0, 0.05) is 6.20 Å². The van der Waals surface area contributed by atoms with E-state index in [1.54, 1.807) is 36.5 Å². The van der Waals surface area contributed by atoms with E-state index in [1.807, 2.05) is 6.07 Å². The van der Waals surface area contributed by atoms with Gasteiger partial charge < -0.3 is 0 Å². The summed E-state index contributed by atoms with van der Waals surface area (Å²) in [6.45, 7) is 2.07. The van der Waals surface area contributed by atoms with E-state index in [0.717, 1.165) is 18.4 Å². The fourth-order valence-corrected chi connectivity index (χ4v) is 2.40. The molecule has 1 aromatic heterocycles. The molecule has 1 aromatic carbocycles. The molecule has 4 nitrogen and oxygen atoms in total. The number of benzene rings is 1. The Labute approximate surface area is 117 Å². The van der Waals surface area contributed by atoms with Gasteiger partial charge in [0.15, 0.2) is 0 Å². The number of pyridine rings is 1. The summed E-state index contributed by atoms with van der Waals surface area (Å²) in [5.74, 6) is -0.638. The fraction of sp³-hybridized carbons (Fsp3) is 0.188. The van der Waals surface area contributed by atoms with Gasteiger partial charge >= 0.3 is 0 Å². The van der Waals surface area contributed by atoms with E-state index in [-0.39, 0.29) is 17.5 Å². The normalized spacial score (nSPS) is 13.8. The molecule has 0 aliphatic carbocycles. The van der Waals surface area contributed by atoms with Crippen molar-refractivity contribution < 1.29 is 9.59 Å². The second kappa shape index (κ2) is 4.89. The number of nitrogens with zero attached hydrogens (tertiary/aromatic N) is 2. The standard InChI is InChI=1S/C16H14N2O2/c1-2-6-11-9-13-14(17-10-11)16(20)18(15(13)19)12-7-4-3-5-8-12/h3-5,7-10H,2,6H2,1H3. The summed E-state index contributed by atoms with van der Waals surface area (Å²) in [5, 5.41) is 0. The minimum atomic E-state index is -0.348. The third kappa shape index (κ3) is 1.90. The Morgan fingerprint density at radius 1 is 1.10 bits per heavy atom. The number of amides is 2. The van der Waals surface area contributed by atoms with Crippen LogP contribution in [0.15, 0.2) is 42.6 Å². The van der Waals surface area contributed by atoms with E-state index >= 15 is 0 Å². The van der Waals surface area contributed by atoms with Crippen LogP contribution in [0.1, 0.15) is 39.8 Å². The molecule has 0 radical (unpaired) electrons. The molecular weight excluding hydrogens is 252 g/mol. The Bertz CT molecular complexity index is 680. The molecule has 0 bridgehead atoms. The zero-order chi connectivity index (χ0) is 14.1. The van der Waals surface area contributed by atoms with Gasteiger partial charge in [-0.3, -0.25) is 9.59 Å². The smallest absolute Gasteiger partial charge is 0.268 e. The lowest BCUT2D eigenvalue weighted by Crippen LogP contribution is -2.29.